The topological polar surface area (TPSA) is 99.9 Å². The Morgan fingerprint density at radius 1 is 0.964 bits per heavy atom. The number of benzene rings is 2. The number of nitrogens with one attached hydrogen (secondary N) is 1. The van der Waals surface area contributed by atoms with Gasteiger partial charge in [-0.1, -0.05) is 17.3 Å². The fourth-order valence-electron chi connectivity index (χ4n) is 2.58. The van der Waals surface area contributed by atoms with E-state index in [9.17, 15) is 9.59 Å². The van der Waals surface area contributed by atoms with E-state index in [0.717, 1.165) is 0 Å². The Labute approximate surface area is 161 Å². The molecule has 0 aliphatic heterocycles. The molecule has 0 aliphatic carbocycles. The highest BCUT2D eigenvalue weighted by Crippen LogP contribution is 2.32. The van der Waals surface area contributed by atoms with Gasteiger partial charge in [-0.2, -0.15) is 0 Å². The zero-order valence-corrected chi connectivity index (χ0v) is 15.5. The Kier molecular flexibility index (Phi) is 5.59. The summed E-state index contributed by atoms with van der Waals surface area (Å²) in [5, 5.41) is 6.56. The van der Waals surface area contributed by atoms with Gasteiger partial charge in [0.15, 0.2) is 11.5 Å². The van der Waals surface area contributed by atoms with Crippen LogP contribution in [-0.2, 0) is 4.74 Å². The second kappa shape index (κ2) is 8.26. The van der Waals surface area contributed by atoms with Crippen LogP contribution in [0.2, 0.25) is 0 Å². The first-order valence-electron chi connectivity index (χ1n) is 8.25. The van der Waals surface area contributed by atoms with E-state index in [-0.39, 0.29) is 11.3 Å². The number of aromatic nitrogens is 1. The largest absolute Gasteiger partial charge is 0.493 e. The highest BCUT2D eigenvalue weighted by atomic mass is 16.5. The summed E-state index contributed by atoms with van der Waals surface area (Å²) in [6.07, 6.45) is 0. The van der Waals surface area contributed by atoms with Crippen LogP contribution in [0.5, 0.6) is 11.5 Å². The van der Waals surface area contributed by atoms with Gasteiger partial charge in [-0.15, -0.1) is 0 Å². The minimum absolute atomic E-state index is 0.00977. The molecule has 0 spiro atoms. The number of ether oxygens (including phenoxy) is 3. The predicted molar refractivity (Wildman–Crippen MR) is 101 cm³/mol. The van der Waals surface area contributed by atoms with Crippen LogP contribution >= 0.6 is 0 Å². The summed E-state index contributed by atoms with van der Waals surface area (Å²) in [4.78, 5) is 24.3. The van der Waals surface area contributed by atoms with Crippen LogP contribution in [0.4, 0.5) is 5.69 Å². The molecule has 0 atom stereocenters. The van der Waals surface area contributed by atoms with E-state index < -0.39 is 11.9 Å². The van der Waals surface area contributed by atoms with E-state index in [4.69, 9.17) is 18.7 Å². The lowest BCUT2D eigenvalue weighted by Crippen LogP contribution is -2.14. The number of hydrogen-bond donors (Lipinski definition) is 1. The average molecular weight is 382 g/mol. The number of anilines is 1. The first-order chi connectivity index (χ1) is 13.6. The standard InChI is InChI=1S/C20H18N2O6/c1-25-16-9-8-12(10-17(16)26-2)15-11-18(28-22-15)19(23)21-14-7-5-4-6-13(14)20(24)27-3/h4-11H,1-3H3,(H,21,23). The van der Waals surface area contributed by atoms with Gasteiger partial charge in [-0.25, -0.2) is 4.79 Å². The maximum absolute atomic E-state index is 12.5. The number of para-hydroxylation sites is 1. The third kappa shape index (κ3) is 3.80. The third-order valence-electron chi connectivity index (χ3n) is 3.99. The lowest BCUT2D eigenvalue weighted by Gasteiger charge is -2.08. The molecule has 1 amide bonds. The normalized spacial score (nSPS) is 10.2. The number of carbonyl (C=O) groups is 2. The number of esters is 1. The number of hydrogen-bond acceptors (Lipinski definition) is 7. The van der Waals surface area contributed by atoms with Crippen molar-refractivity contribution in [2.24, 2.45) is 0 Å². The molecule has 1 N–H and O–H groups in total. The molecule has 1 heterocycles. The van der Waals surface area contributed by atoms with Crippen molar-refractivity contribution in [3.8, 4) is 22.8 Å². The SMILES string of the molecule is COC(=O)c1ccccc1NC(=O)c1cc(-c2ccc(OC)c(OC)c2)no1. The van der Waals surface area contributed by atoms with Gasteiger partial charge in [-0.3, -0.25) is 4.79 Å². The van der Waals surface area contributed by atoms with Gasteiger partial charge in [0.05, 0.1) is 32.6 Å². The van der Waals surface area contributed by atoms with E-state index in [1.165, 1.54) is 20.3 Å². The quantitative estimate of drug-likeness (QED) is 0.652. The number of rotatable bonds is 6. The van der Waals surface area contributed by atoms with Gasteiger partial charge in [0.1, 0.15) is 5.69 Å². The summed E-state index contributed by atoms with van der Waals surface area (Å²) in [5.74, 6) is -0.00680. The van der Waals surface area contributed by atoms with Gasteiger partial charge in [0.2, 0.25) is 5.76 Å². The molecule has 0 fully saturated rings. The van der Waals surface area contributed by atoms with Gasteiger partial charge < -0.3 is 24.1 Å². The molecule has 0 saturated heterocycles. The number of carbonyl (C=O) groups excluding carboxylic acids is 2. The molecule has 0 saturated carbocycles. The molecule has 8 nitrogen and oxygen atoms in total. The molecule has 0 radical (unpaired) electrons. The highest BCUT2D eigenvalue weighted by molar-refractivity contribution is 6.06. The molecule has 144 valence electrons. The molecule has 0 bridgehead atoms. The van der Waals surface area contributed by atoms with Crippen molar-refractivity contribution in [2.45, 2.75) is 0 Å². The average Bonchev–Trinajstić information content (AvgIpc) is 3.23. The van der Waals surface area contributed by atoms with Crippen LogP contribution in [0, 0.1) is 0 Å². The summed E-state index contributed by atoms with van der Waals surface area (Å²) in [6, 6.07) is 13.2. The molecular weight excluding hydrogens is 364 g/mol. The first-order valence-corrected chi connectivity index (χ1v) is 8.25. The molecule has 3 rings (SSSR count). The van der Waals surface area contributed by atoms with Crippen LogP contribution in [-0.4, -0.2) is 38.4 Å². The van der Waals surface area contributed by atoms with Crippen LogP contribution < -0.4 is 14.8 Å². The molecule has 2 aromatic carbocycles. The first kappa shape index (κ1) is 19.0. The van der Waals surface area contributed by atoms with Crippen molar-refractivity contribution in [3.05, 3.63) is 59.9 Å². The number of amides is 1. The molecule has 1 aromatic heterocycles. The lowest BCUT2D eigenvalue weighted by molar-refractivity contribution is 0.0602. The van der Waals surface area contributed by atoms with Crippen LogP contribution in [0.25, 0.3) is 11.3 Å². The van der Waals surface area contributed by atoms with E-state index >= 15 is 0 Å². The second-order valence-electron chi connectivity index (χ2n) is 5.64. The Morgan fingerprint density at radius 3 is 2.43 bits per heavy atom. The summed E-state index contributed by atoms with van der Waals surface area (Å²) in [6.45, 7) is 0. The smallest absolute Gasteiger partial charge is 0.339 e. The minimum atomic E-state index is -0.556. The molecular formula is C20H18N2O6. The molecule has 28 heavy (non-hydrogen) atoms. The van der Waals surface area contributed by atoms with Crippen molar-refractivity contribution < 1.29 is 28.3 Å². The Morgan fingerprint density at radius 2 is 1.71 bits per heavy atom. The zero-order valence-electron chi connectivity index (χ0n) is 15.5. The van der Waals surface area contributed by atoms with E-state index in [1.54, 1.807) is 49.6 Å². The Bertz CT molecular complexity index is 1010. The van der Waals surface area contributed by atoms with Crippen LogP contribution in [0.3, 0.4) is 0 Å². The summed E-state index contributed by atoms with van der Waals surface area (Å²) in [5.41, 5.74) is 1.68. The number of methoxy groups -OCH3 is 3. The highest BCUT2D eigenvalue weighted by Gasteiger charge is 2.18. The van der Waals surface area contributed by atoms with Gasteiger partial charge >= 0.3 is 5.97 Å². The van der Waals surface area contributed by atoms with Crippen molar-refractivity contribution in [1.82, 2.24) is 5.16 Å². The van der Waals surface area contributed by atoms with E-state index in [0.29, 0.717) is 28.4 Å². The molecule has 0 unspecified atom stereocenters. The third-order valence-corrected chi connectivity index (χ3v) is 3.99. The lowest BCUT2D eigenvalue weighted by atomic mass is 10.1. The summed E-state index contributed by atoms with van der Waals surface area (Å²) in [7, 11) is 4.34. The predicted octanol–water partition coefficient (Wildman–Crippen LogP) is 3.40. The summed E-state index contributed by atoms with van der Waals surface area (Å²) >= 11 is 0. The fourth-order valence-corrected chi connectivity index (χ4v) is 2.58. The van der Waals surface area contributed by atoms with Crippen LogP contribution in [0.15, 0.2) is 53.1 Å². The van der Waals surface area contributed by atoms with Gasteiger partial charge in [0.25, 0.3) is 5.91 Å². The maximum atomic E-state index is 12.5. The van der Waals surface area contributed by atoms with Crippen molar-refractivity contribution in [2.75, 3.05) is 26.6 Å². The minimum Gasteiger partial charge on any atom is -0.493 e. The van der Waals surface area contributed by atoms with Gasteiger partial charge in [0, 0.05) is 11.6 Å². The van der Waals surface area contributed by atoms with E-state index in [1.807, 2.05) is 0 Å². The van der Waals surface area contributed by atoms with Gasteiger partial charge in [-0.05, 0) is 30.3 Å². The van der Waals surface area contributed by atoms with Crippen molar-refractivity contribution in [3.63, 3.8) is 0 Å². The van der Waals surface area contributed by atoms with Crippen molar-refractivity contribution >= 4 is 17.6 Å². The monoisotopic (exact) mass is 382 g/mol. The number of nitrogens with zero attached hydrogens (tertiary/aromatic N) is 1. The van der Waals surface area contributed by atoms with E-state index in [2.05, 4.69) is 10.5 Å². The molecule has 3 aromatic rings. The molecule has 0 aliphatic rings. The van der Waals surface area contributed by atoms with Crippen LogP contribution in [0.1, 0.15) is 20.9 Å². The zero-order chi connectivity index (χ0) is 20.1. The maximum Gasteiger partial charge on any atom is 0.339 e. The Hall–Kier alpha value is -3.81. The van der Waals surface area contributed by atoms with Crippen molar-refractivity contribution in [1.29, 1.82) is 0 Å². The molecule has 8 heteroatoms. The fraction of sp³-hybridized carbons (Fsp3) is 0.150. The second-order valence-corrected chi connectivity index (χ2v) is 5.64. The Balaban J connectivity index is 1.83. The summed E-state index contributed by atoms with van der Waals surface area (Å²) < 4.78 is 20.4.